The maximum atomic E-state index is 8.89. The highest BCUT2D eigenvalue weighted by Gasteiger charge is 2.20. The van der Waals surface area contributed by atoms with E-state index in [9.17, 15) is 0 Å². The summed E-state index contributed by atoms with van der Waals surface area (Å²) in [6.45, 7) is 6.02. The number of hydrogen-bond donors (Lipinski definition) is 2. The van der Waals surface area contributed by atoms with Gasteiger partial charge in [0.1, 0.15) is 0 Å². The maximum Gasteiger partial charge on any atom is 0.172 e. The van der Waals surface area contributed by atoms with Crippen LogP contribution in [0.2, 0.25) is 0 Å². The molecule has 7 heteroatoms. The quantitative estimate of drug-likeness (QED) is 0.340. The van der Waals surface area contributed by atoms with Crippen LogP contribution in [0.3, 0.4) is 0 Å². The van der Waals surface area contributed by atoms with Crippen LogP contribution in [0.5, 0.6) is 0 Å². The summed E-state index contributed by atoms with van der Waals surface area (Å²) in [7, 11) is 4.18. The first kappa shape index (κ1) is 15.5. The zero-order valence-electron chi connectivity index (χ0n) is 12.7. The molecule has 0 atom stereocenters. The van der Waals surface area contributed by atoms with Crippen molar-refractivity contribution in [2.75, 3.05) is 58.3 Å². The van der Waals surface area contributed by atoms with Gasteiger partial charge in [-0.1, -0.05) is 5.16 Å². The minimum absolute atomic E-state index is 0.127. The fraction of sp³-hybridized carbons (Fsp3) is 0.571. The molecule has 116 valence electrons. The van der Waals surface area contributed by atoms with Crippen LogP contribution in [-0.2, 0) is 0 Å². The average Bonchev–Trinajstić information content (AvgIpc) is 2.52. The molecular formula is C14H24N6O. The fourth-order valence-corrected chi connectivity index (χ4v) is 2.46. The van der Waals surface area contributed by atoms with E-state index in [0.29, 0.717) is 0 Å². The molecule has 0 aliphatic carbocycles. The first-order chi connectivity index (χ1) is 10.1. The van der Waals surface area contributed by atoms with Gasteiger partial charge < -0.3 is 20.7 Å². The van der Waals surface area contributed by atoms with Crippen LogP contribution < -0.4 is 10.6 Å². The van der Waals surface area contributed by atoms with E-state index in [0.717, 1.165) is 50.5 Å². The Morgan fingerprint density at radius 1 is 1.38 bits per heavy atom. The number of pyridine rings is 1. The molecule has 0 amide bonds. The average molecular weight is 292 g/mol. The van der Waals surface area contributed by atoms with Crippen molar-refractivity contribution in [1.82, 2.24) is 14.8 Å². The second-order valence-electron chi connectivity index (χ2n) is 5.51. The highest BCUT2D eigenvalue weighted by atomic mass is 16.4. The van der Waals surface area contributed by atoms with Crippen molar-refractivity contribution < 1.29 is 5.21 Å². The summed E-state index contributed by atoms with van der Waals surface area (Å²) in [5.41, 5.74) is 7.40. The number of oxime groups is 1. The first-order valence-electron chi connectivity index (χ1n) is 7.15. The predicted octanol–water partition coefficient (Wildman–Crippen LogP) is -0.140. The van der Waals surface area contributed by atoms with E-state index in [2.05, 4.69) is 38.9 Å². The summed E-state index contributed by atoms with van der Waals surface area (Å²) in [5.74, 6) is 0.127. The summed E-state index contributed by atoms with van der Waals surface area (Å²) in [5, 5.41) is 12.0. The Kier molecular flexibility index (Phi) is 5.35. The molecule has 1 fully saturated rings. The lowest BCUT2D eigenvalue weighted by Gasteiger charge is -2.37. The van der Waals surface area contributed by atoms with Gasteiger partial charge in [-0.3, -0.25) is 9.88 Å². The standard InChI is InChI=1S/C14H24N6O/c1-18(2)5-6-19-7-9-20(10-8-19)13-11-16-4-3-12(13)14(15)17-21/h3-4,11,21H,5-10H2,1-2H3,(H2,15,17). The van der Waals surface area contributed by atoms with Gasteiger partial charge in [-0.2, -0.15) is 0 Å². The van der Waals surface area contributed by atoms with Crippen molar-refractivity contribution in [1.29, 1.82) is 0 Å². The third-order valence-electron chi connectivity index (χ3n) is 3.76. The van der Waals surface area contributed by atoms with Crippen molar-refractivity contribution in [3.05, 3.63) is 24.0 Å². The zero-order chi connectivity index (χ0) is 15.2. The van der Waals surface area contributed by atoms with Gasteiger partial charge in [0.25, 0.3) is 0 Å². The highest BCUT2D eigenvalue weighted by Crippen LogP contribution is 2.20. The molecule has 0 unspecified atom stereocenters. The summed E-state index contributed by atoms with van der Waals surface area (Å²) in [6.07, 6.45) is 3.44. The molecule has 2 rings (SSSR count). The van der Waals surface area contributed by atoms with Crippen LogP contribution in [0.15, 0.2) is 23.6 Å². The van der Waals surface area contributed by atoms with Gasteiger partial charge in [0, 0.05) is 51.0 Å². The lowest BCUT2D eigenvalue weighted by atomic mass is 10.1. The predicted molar refractivity (Wildman–Crippen MR) is 84.0 cm³/mol. The van der Waals surface area contributed by atoms with Gasteiger partial charge in [-0.15, -0.1) is 0 Å². The van der Waals surface area contributed by atoms with Gasteiger partial charge in [0.05, 0.1) is 11.9 Å². The largest absolute Gasteiger partial charge is 0.409 e. The third-order valence-corrected chi connectivity index (χ3v) is 3.76. The van der Waals surface area contributed by atoms with Crippen LogP contribution in [0.1, 0.15) is 5.56 Å². The van der Waals surface area contributed by atoms with Crippen LogP contribution >= 0.6 is 0 Å². The van der Waals surface area contributed by atoms with Crippen LogP contribution in [-0.4, -0.2) is 79.2 Å². The van der Waals surface area contributed by atoms with Gasteiger partial charge in [-0.25, -0.2) is 0 Å². The minimum Gasteiger partial charge on any atom is -0.409 e. The summed E-state index contributed by atoms with van der Waals surface area (Å²) >= 11 is 0. The van der Waals surface area contributed by atoms with Gasteiger partial charge in [-0.05, 0) is 20.2 Å². The molecule has 0 spiro atoms. The van der Waals surface area contributed by atoms with E-state index in [1.54, 1.807) is 18.5 Å². The molecule has 1 saturated heterocycles. The molecule has 1 aliphatic heterocycles. The number of likely N-dealkylation sites (N-methyl/N-ethyl adjacent to an activating group) is 1. The van der Waals surface area contributed by atoms with Gasteiger partial charge in [0.15, 0.2) is 5.84 Å². The second kappa shape index (κ2) is 7.24. The molecule has 0 bridgehead atoms. The summed E-state index contributed by atoms with van der Waals surface area (Å²) in [4.78, 5) is 11.1. The Balaban J connectivity index is 1.99. The van der Waals surface area contributed by atoms with Crippen molar-refractivity contribution in [3.8, 4) is 0 Å². The van der Waals surface area contributed by atoms with E-state index in [-0.39, 0.29) is 5.84 Å². The Morgan fingerprint density at radius 3 is 2.71 bits per heavy atom. The monoisotopic (exact) mass is 292 g/mol. The molecule has 7 nitrogen and oxygen atoms in total. The van der Waals surface area contributed by atoms with E-state index in [1.165, 1.54) is 0 Å². The number of anilines is 1. The Bertz CT molecular complexity index is 482. The zero-order valence-corrected chi connectivity index (χ0v) is 12.7. The maximum absolute atomic E-state index is 8.89. The van der Waals surface area contributed by atoms with Crippen LogP contribution in [0, 0.1) is 0 Å². The smallest absolute Gasteiger partial charge is 0.172 e. The van der Waals surface area contributed by atoms with Crippen molar-refractivity contribution in [3.63, 3.8) is 0 Å². The number of amidine groups is 1. The molecule has 0 radical (unpaired) electrons. The third kappa shape index (κ3) is 4.05. The number of rotatable bonds is 5. The highest BCUT2D eigenvalue weighted by molar-refractivity contribution is 6.02. The van der Waals surface area contributed by atoms with Gasteiger partial charge in [0.2, 0.25) is 0 Å². The lowest BCUT2D eigenvalue weighted by molar-refractivity contribution is 0.229. The van der Waals surface area contributed by atoms with E-state index in [4.69, 9.17) is 10.9 Å². The molecule has 1 aromatic heterocycles. The molecule has 2 heterocycles. The molecular weight excluding hydrogens is 268 g/mol. The molecule has 21 heavy (non-hydrogen) atoms. The molecule has 3 N–H and O–H groups in total. The summed E-state index contributed by atoms with van der Waals surface area (Å²) < 4.78 is 0. The SMILES string of the molecule is CN(C)CCN1CCN(c2cnccc2/C(N)=N/O)CC1. The van der Waals surface area contributed by atoms with Gasteiger partial charge >= 0.3 is 0 Å². The van der Waals surface area contributed by atoms with Crippen LogP contribution in [0.25, 0.3) is 0 Å². The van der Waals surface area contributed by atoms with Crippen LogP contribution in [0.4, 0.5) is 5.69 Å². The molecule has 1 aliphatic rings. The number of hydrogen-bond acceptors (Lipinski definition) is 6. The first-order valence-corrected chi connectivity index (χ1v) is 7.15. The van der Waals surface area contributed by atoms with E-state index in [1.807, 2.05) is 0 Å². The van der Waals surface area contributed by atoms with Crippen molar-refractivity contribution in [2.45, 2.75) is 0 Å². The Labute approximate surface area is 125 Å². The number of aromatic nitrogens is 1. The number of piperazine rings is 1. The van der Waals surface area contributed by atoms with Crippen molar-refractivity contribution >= 4 is 11.5 Å². The van der Waals surface area contributed by atoms with E-state index < -0.39 is 0 Å². The molecule has 0 aromatic carbocycles. The van der Waals surface area contributed by atoms with E-state index >= 15 is 0 Å². The molecule has 0 saturated carbocycles. The number of nitrogens with two attached hydrogens (primary N) is 1. The number of nitrogens with zero attached hydrogens (tertiary/aromatic N) is 5. The molecule has 1 aromatic rings. The minimum atomic E-state index is 0.127. The Hall–Kier alpha value is -1.86. The second-order valence-corrected chi connectivity index (χ2v) is 5.51. The normalized spacial score (nSPS) is 17.5. The summed E-state index contributed by atoms with van der Waals surface area (Å²) in [6, 6.07) is 1.78. The van der Waals surface area contributed by atoms with Crippen molar-refractivity contribution in [2.24, 2.45) is 10.9 Å². The topological polar surface area (TPSA) is 81.2 Å². The lowest BCUT2D eigenvalue weighted by Crippen LogP contribution is -2.48. The Morgan fingerprint density at radius 2 is 2.10 bits per heavy atom. The fourth-order valence-electron chi connectivity index (χ4n) is 2.46.